The predicted molar refractivity (Wildman–Crippen MR) is 111 cm³/mol. The molecule has 30 heavy (non-hydrogen) atoms. The van der Waals surface area contributed by atoms with Crippen molar-refractivity contribution in [2.75, 3.05) is 39.9 Å². The molecule has 0 unspecified atom stereocenters. The number of amides is 2. The number of rotatable bonds is 10. The van der Waals surface area contributed by atoms with Gasteiger partial charge in [0.1, 0.15) is 5.69 Å². The number of aryl methyl sites for hydroxylation is 1. The first kappa shape index (κ1) is 22.7. The number of hydrogen-bond acceptors (Lipinski definition) is 7. The summed E-state index contributed by atoms with van der Waals surface area (Å²) in [6, 6.07) is 0. The van der Waals surface area contributed by atoms with Crippen LogP contribution in [-0.2, 0) is 28.0 Å². The van der Waals surface area contributed by atoms with Gasteiger partial charge in [-0.05, 0) is 40.2 Å². The molecule has 3 N–H and O–H groups in total. The molecule has 0 bridgehead atoms. The van der Waals surface area contributed by atoms with Gasteiger partial charge in [0.15, 0.2) is 15.5 Å². The number of nitrogens with one attached hydrogen (secondary N) is 1. The van der Waals surface area contributed by atoms with Crippen molar-refractivity contribution in [3.8, 4) is 0 Å². The highest BCUT2D eigenvalue weighted by molar-refractivity contribution is 7.94. The third-order valence-corrected chi connectivity index (χ3v) is 9.28. The van der Waals surface area contributed by atoms with E-state index < -0.39 is 25.2 Å². The molecule has 1 aromatic heterocycles. The van der Waals surface area contributed by atoms with E-state index in [2.05, 4.69) is 10.4 Å². The minimum absolute atomic E-state index is 0.0978. The summed E-state index contributed by atoms with van der Waals surface area (Å²) in [5, 5.41) is 7.04. The van der Waals surface area contributed by atoms with Crippen LogP contribution >= 0.6 is 0 Å². The Balaban J connectivity index is 1.78. The van der Waals surface area contributed by atoms with E-state index in [1.165, 1.54) is 4.68 Å². The largest absolute Gasteiger partial charge is 0.379 e. The Kier molecular flexibility index (Phi) is 6.00. The first-order valence-electron chi connectivity index (χ1n) is 10.1. The Hall–Kier alpha value is -1.98. The van der Waals surface area contributed by atoms with Gasteiger partial charge in [-0.2, -0.15) is 5.10 Å². The quantitative estimate of drug-likeness (QED) is 0.466. The molecule has 10 nitrogen and oxygen atoms in total. The second kappa shape index (κ2) is 7.93. The molecule has 3 rings (SSSR count). The zero-order valence-electron chi connectivity index (χ0n) is 18.0. The maximum Gasteiger partial charge on any atom is 0.272 e. The molecule has 1 aliphatic carbocycles. The van der Waals surface area contributed by atoms with Crippen LogP contribution in [0.3, 0.4) is 0 Å². The summed E-state index contributed by atoms with van der Waals surface area (Å²) in [5.41, 5.74) is 6.32. The lowest BCUT2D eigenvalue weighted by Crippen LogP contribution is -2.52. The minimum atomic E-state index is -3.57. The summed E-state index contributed by atoms with van der Waals surface area (Å²) in [6.45, 7) is 4.98. The van der Waals surface area contributed by atoms with E-state index in [4.69, 9.17) is 10.5 Å². The van der Waals surface area contributed by atoms with Gasteiger partial charge in [0.05, 0.1) is 22.7 Å². The summed E-state index contributed by atoms with van der Waals surface area (Å²) < 4.78 is 31.9. The Morgan fingerprint density at radius 1 is 1.37 bits per heavy atom. The van der Waals surface area contributed by atoms with E-state index in [9.17, 15) is 18.0 Å². The number of nitrogens with zero attached hydrogens (tertiary/aromatic N) is 3. The highest BCUT2D eigenvalue weighted by Gasteiger charge is 2.61. The average molecular weight is 442 g/mol. The van der Waals surface area contributed by atoms with Gasteiger partial charge in [0.2, 0.25) is 0 Å². The SMILES string of the molecule is CNCCOCC(C)(C)S(=O)(=O)C1(CN2CCc3c(C(N)=O)nn(C)c3C2=O)CC1. The van der Waals surface area contributed by atoms with Crippen molar-refractivity contribution in [1.82, 2.24) is 20.0 Å². The molecule has 2 heterocycles. The number of nitrogens with two attached hydrogens (primary N) is 1. The highest BCUT2D eigenvalue weighted by Crippen LogP contribution is 2.49. The monoisotopic (exact) mass is 441 g/mol. The average Bonchev–Trinajstić information content (AvgIpc) is 3.38. The van der Waals surface area contributed by atoms with Gasteiger partial charge in [-0.25, -0.2) is 8.42 Å². The molecule has 2 aliphatic rings. The molecule has 1 saturated carbocycles. The van der Waals surface area contributed by atoms with Crippen LogP contribution in [0.25, 0.3) is 0 Å². The molecule has 0 aromatic carbocycles. The number of carbonyl (C=O) groups excluding carboxylic acids is 2. The fourth-order valence-electron chi connectivity index (χ4n) is 4.07. The maximum absolute atomic E-state index is 13.5. The van der Waals surface area contributed by atoms with Crippen molar-refractivity contribution in [2.24, 2.45) is 12.8 Å². The number of fused-ring (bicyclic) bond motifs is 1. The van der Waals surface area contributed by atoms with Gasteiger partial charge in [-0.15, -0.1) is 0 Å². The summed E-state index contributed by atoms with van der Waals surface area (Å²) in [4.78, 5) is 26.3. The minimum Gasteiger partial charge on any atom is -0.379 e. The molecule has 11 heteroatoms. The van der Waals surface area contributed by atoms with Crippen LogP contribution in [0.4, 0.5) is 0 Å². The number of sulfone groups is 1. The molecule has 2 amide bonds. The van der Waals surface area contributed by atoms with E-state index >= 15 is 0 Å². The molecule has 0 atom stereocenters. The van der Waals surface area contributed by atoms with Crippen LogP contribution in [0.15, 0.2) is 0 Å². The lowest BCUT2D eigenvalue weighted by atomic mass is 10.0. The normalized spacial score (nSPS) is 18.4. The van der Waals surface area contributed by atoms with Crippen molar-refractivity contribution < 1.29 is 22.7 Å². The van der Waals surface area contributed by atoms with Crippen molar-refractivity contribution >= 4 is 21.7 Å². The number of primary amides is 1. The molecule has 0 spiro atoms. The Morgan fingerprint density at radius 3 is 2.60 bits per heavy atom. The first-order valence-corrected chi connectivity index (χ1v) is 11.6. The number of carbonyl (C=O) groups is 2. The molecule has 1 aromatic rings. The molecule has 1 aliphatic heterocycles. The maximum atomic E-state index is 13.5. The molecule has 168 valence electrons. The second-order valence-corrected chi connectivity index (χ2v) is 11.7. The van der Waals surface area contributed by atoms with E-state index in [1.807, 2.05) is 0 Å². The predicted octanol–water partition coefficient (Wildman–Crippen LogP) is -0.521. The van der Waals surface area contributed by atoms with Gasteiger partial charge >= 0.3 is 0 Å². The van der Waals surface area contributed by atoms with Crippen molar-refractivity contribution in [3.63, 3.8) is 0 Å². The first-order chi connectivity index (χ1) is 14.0. The van der Waals surface area contributed by atoms with E-state index in [0.29, 0.717) is 50.2 Å². The van der Waals surface area contributed by atoms with Crippen molar-refractivity contribution in [2.45, 2.75) is 42.6 Å². The molecular weight excluding hydrogens is 410 g/mol. The van der Waals surface area contributed by atoms with E-state index in [1.54, 1.807) is 32.8 Å². The summed E-state index contributed by atoms with van der Waals surface area (Å²) in [6.07, 6.45) is 1.45. The van der Waals surface area contributed by atoms with E-state index in [-0.39, 0.29) is 24.8 Å². The smallest absolute Gasteiger partial charge is 0.272 e. The summed E-state index contributed by atoms with van der Waals surface area (Å²) in [7, 11) is -0.178. The molecule has 0 radical (unpaired) electrons. The van der Waals surface area contributed by atoms with Gasteiger partial charge < -0.3 is 20.7 Å². The Labute approximate surface area is 177 Å². The highest BCUT2D eigenvalue weighted by atomic mass is 32.2. The van der Waals surface area contributed by atoms with Crippen LogP contribution in [-0.4, -0.2) is 84.3 Å². The summed E-state index contributed by atoms with van der Waals surface area (Å²) >= 11 is 0. The number of hydrogen-bond donors (Lipinski definition) is 2. The lowest BCUT2D eigenvalue weighted by molar-refractivity contribution is 0.0723. The zero-order valence-corrected chi connectivity index (χ0v) is 18.8. The van der Waals surface area contributed by atoms with Gasteiger partial charge in [0, 0.05) is 32.2 Å². The number of ether oxygens (including phenoxy) is 1. The number of likely N-dealkylation sites (N-methyl/N-ethyl adjacent to an activating group) is 1. The second-order valence-electron chi connectivity index (χ2n) is 8.74. The van der Waals surface area contributed by atoms with Gasteiger partial charge in [0.25, 0.3) is 11.8 Å². The van der Waals surface area contributed by atoms with Crippen molar-refractivity contribution in [1.29, 1.82) is 0 Å². The van der Waals surface area contributed by atoms with Crippen LogP contribution < -0.4 is 11.1 Å². The molecular formula is C19H31N5O5S. The zero-order chi connectivity index (χ0) is 22.3. The van der Waals surface area contributed by atoms with Crippen LogP contribution in [0, 0.1) is 0 Å². The van der Waals surface area contributed by atoms with Gasteiger partial charge in [-0.1, -0.05) is 0 Å². The third-order valence-electron chi connectivity index (χ3n) is 6.03. The van der Waals surface area contributed by atoms with Gasteiger partial charge in [-0.3, -0.25) is 14.3 Å². The van der Waals surface area contributed by atoms with Crippen LogP contribution in [0.1, 0.15) is 53.2 Å². The van der Waals surface area contributed by atoms with E-state index in [0.717, 1.165) is 0 Å². The fraction of sp³-hybridized carbons (Fsp3) is 0.737. The fourth-order valence-corrected chi connectivity index (χ4v) is 6.45. The Bertz CT molecular complexity index is 949. The lowest BCUT2D eigenvalue weighted by Gasteiger charge is -2.35. The molecule has 1 fully saturated rings. The topological polar surface area (TPSA) is 137 Å². The molecule has 0 saturated heterocycles. The van der Waals surface area contributed by atoms with Crippen LogP contribution in [0.5, 0.6) is 0 Å². The third kappa shape index (κ3) is 3.74. The standard InChI is InChI=1S/C19H31N5O5S/c1-18(2,12-29-10-8-21-3)30(27,28)19(6-7-19)11-24-9-5-13-14(16(20)25)22-23(4)15(13)17(24)26/h21H,5-12H2,1-4H3,(H2,20,25). The number of aromatic nitrogens is 2. The van der Waals surface area contributed by atoms with Crippen LogP contribution in [0.2, 0.25) is 0 Å². The summed E-state index contributed by atoms with van der Waals surface area (Å²) in [5.74, 6) is -0.988. The Morgan fingerprint density at radius 2 is 2.03 bits per heavy atom. The van der Waals surface area contributed by atoms with Crippen molar-refractivity contribution in [3.05, 3.63) is 17.0 Å².